The fraction of sp³-hybridized carbons (Fsp3) is 0.440. The fourth-order valence-electron chi connectivity index (χ4n) is 4.54. The van der Waals surface area contributed by atoms with E-state index in [1.165, 1.54) is 0 Å². The summed E-state index contributed by atoms with van der Waals surface area (Å²) in [7, 11) is 0. The Morgan fingerprint density at radius 1 is 0.966 bits per heavy atom. The molecule has 154 valence electrons. The molecule has 0 aromatic heterocycles. The van der Waals surface area contributed by atoms with Crippen LogP contribution in [0, 0.1) is 5.92 Å². The Morgan fingerprint density at radius 3 is 2.07 bits per heavy atom. The van der Waals surface area contributed by atoms with Crippen LogP contribution >= 0.6 is 0 Å². The molecular weight excluding hydrogens is 360 g/mol. The predicted octanol–water partition coefficient (Wildman–Crippen LogP) is 4.81. The zero-order chi connectivity index (χ0) is 21.0. The molecule has 3 rings (SSSR count). The molecule has 2 atom stereocenters. The zero-order valence-electron chi connectivity index (χ0n) is 17.9. The molecule has 4 nitrogen and oxygen atoms in total. The molecule has 4 heteroatoms. The summed E-state index contributed by atoms with van der Waals surface area (Å²) in [6, 6.07) is 20.1. The Balaban J connectivity index is 2.00. The monoisotopic (exact) mass is 392 g/mol. The van der Waals surface area contributed by atoms with Crippen molar-refractivity contribution < 1.29 is 9.59 Å². The van der Waals surface area contributed by atoms with Crippen LogP contribution in [0.4, 0.5) is 0 Å². The summed E-state index contributed by atoms with van der Waals surface area (Å²) in [5, 5.41) is 0. The Labute approximate surface area is 174 Å². The Kier molecular flexibility index (Phi) is 6.73. The molecule has 0 spiro atoms. The highest BCUT2D eigenvalue weighted by Crippen LogP contribution is 2.39. The van der Waals surface area contributed by atoms with Gasteiger partial charge in [0.15, 0.2) is 0 Å². The van der Waals surface area contributed by atoms with Crippen molar-refractivity contribution >= 4 is 11.8 Å². The number of nitrogens with zero attached hydrogens (tertiary/aromatic N) is 2. The van der Waals surface area contributed by atoms with Gasteiger partial charge in [0, 0.05) is 25.0 Å². The Hall–Kier alpha value is -2.62. The van der Waals surface area contributed by atoms with Crippen molar-refractivity contribution in [1.82, 2.24) is 9.80 Å². The Bertz CT molecular complexity index is 809. The molecule has 0 saturated carbocycles. The van der Waals surface area contributed by atoms with Crippen LogP contribution in [0.5, 0.6) is 0 Å². The highest BCUT2D eigenvalue weighted by atomic mass is 16.2. The third-order valence-electron chi connectivity index (χ3n) is 5.73. The van der Waals surface area contributed by atoms with Gasteiger partial charge in [0.1, 0.15) is 0 Å². The van der Waals surface area contributed by atoms with Crippen LogP contribution < -0.4 is 0 Å². The molecule has 1 saturated heterocycles. The first-order chi connectivity index (χ1) is 13.9. The lowest BCUT2D eigenvalue weighted by Gasteiger charge is -2.44. The van der Waals surface area contributed by atoms with Crippen molar-refractivity contribution in [2.24, 2.45) is 5.92 Å². The van der Waals surface area contributed by atoms with E-state index in [1.54, 1.807) is 0 Å². The number of hydrogen-bond acceptors (Lipinski definition) is 2. The average Bonchev–Trinajstić information content (AvgIpc) is 2.70. The molecule has 1 aliphatic heterocycles. The number of carbonyl (C=O) groups excluding carboxylic acids is 2. The predicted molar refractivity (Wildman–Crippen MR) is 116 cm³/mol. The summed E-state index contributed by atoms with van der Waals surface area (Å²) >= 11 is 0. The van der Waals surface area contributed by atoms with E-state index in [0.29, 0.717) is 19.4 Å². The summed E-state index contributed by atoms with van der Waals surface area (Å²) in [5.74, 6) is 0.0328. The summed E-state index contributed by atoms with van der Waals surface area (Å²) < 4.78 is 0. The minimum absolute atomic E-state index is 0.118. The molecule has 0 radical (unpaired) electrons. The number of likely N-dealkylation sites (tertiary alicyclic amines) is 1. The summed E-state index contributed by atoms with van der Waals surface area (Å²) in [6.07, 6.45) is 1.01. The van der Waals surface area contributed by atoms with Crippen molar-refractivity contribution in [3.63, 3.8) is 0 Å². The van der Waals surface area contributed by atoms with E-state index in [1.807, 2.05) is 70.5 Å². The van der Waals surface area contributed by atoms with Gasteiger partial charge in [0.05, 0.1) is 12.0 Å². The molecule has 0 bridgehead atoms. The molecule has 1 aliphatic rings. The standard InChI is InChI=1S/C25H32N2O2/c1-18(2)27(19(3)4)25(29)22-15-16-23(28)26(17-20-11-7-5-8-12-20)24(22)21-13-9-6-10-14-21/h5-14,18-19,22,24H,15-17H2,1-4H3/t22-,24+/m1/s1. The number of carbonyl (C=O) groups is 2. The molecule has 2 aromatic rings. The molecule has 0 N–H and O–H groups in total. The zero-order valence-corrected chi connectivity index (χ0v) is 17.9. The molecule has 29 heavy (non-hydrogen) atoms. The topological polar surface area (TPSA) is 40.6 Å². The van der Waals surface area contributed by atoms with E-state index in [-0.39, 0.29) is 35.9 Å². The van der Waals surface area contributed by atoms with Gasteiger partial charge in [-0.05, 0) is 45.2 Å². The number of amides is 2. The molecular formula is C25H32N2O2. The van der Waals surface area contributed by atoms with E-state index >= 15 is 0 Å². The highest BCUT2D eigenvalue weighted by Gasteiger charge is 2.42. The second-order valence-corrected chi connectivity index (χ2v) is 8.44. The van der Waals surface area contributed by atoms with Crippen molar-refractivity contribution in [2.75, 3.05) is 0 Å². The Morgan fingerprint density at radius 2 is 1.52 bits per heavy atom. The lowest BCUT2D eigenvalue weighted by molar-refractivity contribution is -0.151. The lowest BCUT2D eigenvalue weighted by atomic mass is 9.82. The van der Waals surface area contributed by atoms with Crippen molar-refractivity contribution in [3.05, 3.63) is 71.8 Å². The second-order valence-electron chi connectivity index (χ2n) is 8.44. The maximum Gasteiger partial charge on any atom is 0.228 e. The number of rotatable bonds is 6. The van der Waals surface area contributed by atoms with Gasteiger partial charge in [-0.25, -0.2) is 0 Å². The molecule has 1 fully saturated rings. The van der Waals surface area contributed by atoms with Gasteiger partial charge in [-0.1, -0.05) is 60.7 Å². The number of piperidine rings is 1. The third kappa shape index (κ3) is 4.69. The number of hydrogen-bond donors (Lipinski definition) is 0. The second kappa shape index (κ2) is 9.25. The van der Waals surface area contributed by atoms with Crippen LogP contribution in [-0.2, 0) is 16.1 Å². The molecule has 2 aromatic carbocycles. The molecule has 2 amide bonds. The molecule has 0 unspecified atom stereocenters. The smallest absolute Gasteiger partial charge is 0.228 e. The quantitative estimate of drug-likeness (QED) is 0.708. The van der Waals surface area contributed by atoms with Crippen LogP contribution in [0.2, 0.25) is 0 Å². The van der Waals surface area contributed by atoms with Crippen LogP contribution in [-0.4, -0.2) is 33.7 Å². The maximum atomic E-state index is 13.7. The van der Waals surface area contributed by atoms with E-state index in [4.69, 9.17) is 0 Å². The van der Waals surface area contributed by atoms with Crippen molar-refractivity contribution in [3.8, 4) is 0 Å². The SMILES string of the molecule is CC(C)N(C(=O)[C@@H]1CCC(=O)N(Cc2ccccc2)[C@H]1c1ccccc1)C(C)C. The minimum atomic E-state index is -0.245. The molecule has 0 aliphatic carbocycles. The normalized spacial score (nSPS) is 19.7. The van der Waals surface area contributed by atoms with Gasteiger partial charge >= 0.3 is 0 Å². The lowest BCUT2D eigenvalue weighted by Crippen LogP contribution is -2.52. The fourth-order valence-corrected chi connectivity index (χ4v) is 4.54. The van der Waals surface area contributed by atoms with E-state index in [0.717, 1.165) is 11.1 Å². The molecule has 1 heterocycles. The van der Waals surface area contributed by atoms with Gasteiger partial charge in [-0.2, -0.15) is 0 Å². The third-order valence-corrected chi connectivity index (χ3v) is 5.73. The van der Waals surface area contributed by atoms with Gasteiger partial charge in [0.25, 0.3) is 0 Å². The summed E-state index contributed by atoms with van der Waals surface area (Å²) in [6.45, 7) is 8.76. The largest absolute Gasteiger partial charge is 0.338 e. The maximum absolute atomic E-state index is 13.7. The van der Waals surface area contributed by atoms with Crippen molar-refractivity contribution in [1.29, 1.82) is 0 Å². The van der Waals surface area contributed by atoms with E-state index in [2.05, 4.69) is 27.7 Å². The van der Waals surface area contributed by atoms with Gasteiger partial charge in [-0.3, -0.25) is 9.59 Å². The first kappa shape index (κ1) is 21.1. The first-order valence-corrected chi connectivity index (χ1v) is 10.6. The first-order valence-electron chi connectivity index (χ1n) is 10.6. The van der Waals surface area contributed by atoms with E-state index < -0.39 is 0 Å². The number of benzene rings is 2. The summed E-state index contributed by atoms with van der Waals surface area (Å²) in [5.41, 5.74) is 2.11. The van der Waals surface area contributed by atoms with Gasteiger partial charge in [0.2, 0.25) is 11.8 Å². The van der Waals surface area contributed by atoms with Crippen LogP contribution in [0.25, 0.3) is 0 Å². The van der Waals surface area contributed by atoms with Crippen molar-refractivity contribution in [2.45, 2.75) is 65.2 Å². The van der Waals surface area contributed by atoms with Gasteiger partial charge < -0.3 is 9.80 Å². The minimum Gasteiger partial charge on any atom is -0.338 e. The van der Waals surface area contributed by atoms with Crippen LogP contribution in [0.1, 0.15) is 57.7 Å². The van der Waals surface area contributed by atoms with Gasteiger partial charge in [-0.15, -0.1) is 0 Å². The summed E-state index contributed by atoms with van der Waals surface area (Å²) in [4.78, 5) is 30.5. The van der Waals surface area contributed by atoms with Crippen LogP contribution in [0.3, 0.4) is 0 Å². The van der Waals surface area contributed by atoms with Crippen LogP contribution in [0.15, 0.2) is 60.7 Å². The average molecular weight is 393 g/mol. The van der Waals surface area contributed by atoms with E-state index in [9.17, 15) is 9.59 Å². The highest BCUT2D eigenvalue weighted by molar-refractivity contribution is 5.85.